The van der Waals surface area contributed by atoms with Crippen LogP contribution in [0.5, 0.6) is 0 Å². The van der Waals surface area contributed by atoms with Crippen LogP contribution in [0.15, 0.2) is 30.3 Å². The lowest BCUT2D eigenvalue weighted by atomic mass is 9.89. The number of carbonyl (C=O) groups is 1. The van der Waals surface area contributed by atoms with Gasteiger partial charge >= 0.3 is 6.18 Å². The molecule has 196 valence electrons. The minimum Gasteiger partial charge on any atom is -0.389 e. The third-order valence-corrected chi connectivity index (χ3v) is 7.51. The van der Waals surface area contributed by atoms with Gasteiger partial charge in [0.15, 0.2) is 0 Å². The number of β-amino-alcohol motifs (C(OH)–C–C–N with tert-alkyl or cyclic N) is 1. The summed E-state index contributed by atoms with van der Waals surface area (Å²) in [6.07, 6.45) is -2.14. The normalized spacial score (nSPS) is 29.3. The Balaban J connectivity index is 1.26. The van der Waals surface area contributed by atoms with Crippen LogP contribution in [-0.2, 0) is 20.7 Å². The summed E-state index contributed by atoms with van der Waals surface area (Å²) in [6.45, 7) is 1.73. The van der Waals surface area contributed by atoms with Crippen LogP contribution in [0.3, 0.4) is 0 Å². The second kappa shape index (κ2) is 12.0. The molecule has 1 aromatic carbocycles. The lowest BCUT2D eigenvalue weighted by Gasteiger charge is -2.45. The number of halogens is 3. The van der Waals surface area contributed by atoms with Crippen LogP contribution >= 0.6 is 0 Å². The van der Waals surface area contributed by atoms with E-state index in [1.165, 1.54) is 5.56 Å². The molecule has 0 spiro atoms. The summed E-state index contributed by atoms with van der Waals surface area (Å²) < 4.78 is 50.3. The SMILES string of the molecule is O=C(C[C@@H]1CC[C@@H]2[C@H](COC[C@H](O)CN2CCC(F)(F)F)O1)N1CCC(Cc2ccccc2)CC1. The second-order valence-electron chi connectivity index (χ2n) is 10.2. The summed E-state index contributed by atoms with van der Waals surface area (Å²) >= 11 is 0. The van der Waals surface area contributed by atoms with E-state index in [-0.39, 0.29) is 50.8 Å². The Bertz CT molecular complexity index is 802. The Morgan fingerprint density at radius 1 is 1.06 bits per heavy atom. The molecule has 3 aliphatic rings. The molecule has 3 fully saturated rings. The molecule has 4 rings (SSSR count). The number of hydrogen-bond acceptors (Lipinski definition) is 5. The number of aliphatic hydroxyl groups is 1. The standard InChI is InChI=1S/C26H37F3N2O4/c27-26(28,29)10-13-31-16-21(32)17-34-18-24-23(31)7-6-22(35-24)15-25(33)30-11-8-20(9-12-30)14-19-4-2-1-3-5-19/h1-5,20-24,32H,6-18H2/t21-,22+,23-,24+/m1/s1. The molecule has 4 atom stereocenters. The van der Waals surface area contributed by atoms with Gasteiger partial charge in [0, 0.05) is 32.2 Å². The van der Waals surface area contributed by atoms with Gasteiger partial charge in [-0.1, -0.05) is 30.3 Å². The first-order chi connectivity index (χ1) is 16.8. The lowest BCUT2D eigenvalue weighted by Crippen LogP contribution is -2.56. The maximum Gasteiger partial charge on any atom is 0.390 e. The van der Waals surface area contributed by atoms with Gasteiger partial charge in [0.25, 0.3) is 0 Å². The highest BCUT2D eigenvalue weighted by Gasteiger charge is 2.40. The van der Waals surface area contributed by atoms with Crippen LogP contribution in [0, 0.1) is 5.92 Å². The summed E-state index contributed by atoms with van der Waals surface area (Å²) in [5.41, 5.74) is 1.33. The fourth-order valence-corrected chi connectivity index (χ4v) is 5.63. The van der Waals surface area contributed by atoms with E-state index >= 15 is 0 Å². The Morgan fingerprint density at radius 2 is 1.80 bits per heavy atom. The van der Waals surface area contributed by atoms with Crippen molar-refractivity contribution in [1.29, 1.82) is 0 Å². The van der Waals surface area contributed by atoms with Crippen molar-refractivity contribution >= 4 is 5.91 Å². The van der Waals surface area contributed by atoms with Gasteiger partial charge in [-0.3, -0.25) is 9.69 Å². The Morgan fingerprint density at radius 3 is 2.51 bits per heavy atom. The van der Waals surface area contributed by atoms with Crippen molar-refractivity contribution in [3.63, 3.8) is 0 Å². The maximum atomic E-state index is 13.0. The van der Waals surface area contributed by atoms with E-state index in [4.69, 9.17) is 9.47 Å². The smallest absolute Gasteiger partial charge is 0.389 e. The number of fused-ring (bicyclic) bond motifs is 1. The quantitative estimate of drug-likeness (QED) is 0.652. The molecule has 9 heteroatoms. The van der Waals surface area contributed by atoms with Crippen molar-refractivity contribution < 1.29 is 32.5 Å². The zero-order valence-electron chi connectivity index (χ0n) is 20.2. The Labute approximate surface area is 205 Å². The highest BCUT2D eigenvalue weighted by Crippen LogP contribution is 2.30. The molecule has 1 aromatic rings. The van der Waals surface area contributed by atoms with Crippen molar-refractivity contribution in [2.75, 3.05) is 39.4 Å². The van der Waals surface area contributed by atoms with E-state index in [2.05, 4.69) is 24.3 Å². The fourth-order valence-electron chi connectivity index (χ4n) is 5.63. The Hall–Kier alpha value is -1.68. The summed E-state index contributed by atoms with van der Waals surface area (Å²) in [4.78, 5) is 16.6. The van der Waals surface area contributed by atoms with E-state index < -0.39 is 24.8 Å². The summed E-state index contributed by atoms with van der Waals surface area (Å²) in [5, 5.41) is 10.1. The van der Waals surface area contributed by atoms with Gasteiger partial charge in [-0.25, -0.2) is 0 Å². The molecule has 0 saturated carbocycles. The van der Waals surface area contributed by atoms with Gasteiger partial charge in [0.2, 0.25) is 5.91 Å². The number of hydrogen-bond donors (Lipinski definition) is 1. The van der Waals surface area contributed by atoms with Gasteiger partial charge < -0.3 is 19.5 Å². The molecule has 0 radical (unpaired) electrons. The van der Waals surface area contributed by atoms with E-state index in [1.807, 2.05) is 11.0 Å². The zero-order chi connectivity index (χ0) is 24.8. The van der Waals surface area contributed by atoms with Crippen molar-refractivity contribution in [2.24, 2.45) is 5.92 Å². The van der Waals surface area contributed by atoms with E-state index in [0.717, 1.165) is 32.4 Å². The molecule has 0 unspecified atom stereocenters. The molecular formula is C26H37F3N2O4. The topological polar surface area (TPSA) is 62.2 Å². The largest absolute Gasteiger partial charge is 0.390 e. The predicted molar refractivity (Wildman–Crippen MR) is 125 cm³/mol. The second-order valence-corrected chi connectivity index (χ2v) is 10.2. The first-order valence-corrected chi connectivity index (χ1v) is 12.8. The van der Waals surface area contributed by atoms with E-state index in [9.17, 15) is 23.1 Å². The molecule has 3 aliphatic heterocycles. The van der Waals surface area contributed by atoms with Crippen LogP contribution in [0.4, 0.5) is 13.2 Å². The third kappa shape index (κ3) is 7.90. The van der Waals surface area contributed by atoms with Gasteiger partial charge in [-0.2, -0.15) is 13.2 Å². The number of piperidine rings is 1. The minimum absolute atomic E-state index is 0.0661. The average Bonchev–Trinajstić information content (AvgIpc) is 2.81. The number of alkyl halides is 3. The highest BCUT2D eigenvalue weighted by atomic mass is 19.4. The number of benzene rings is 1. The average molecular weight is 499 g/mol. The van der Waals surface area contributed by atoms with Crippen molar-refractivity contribution in [1.82, 2.24) is 9.80 Å². The minimum atomic E-state index is -4.25. The number of nitrogens with zero attached hydrogens (tertiary/aromatic N) is 2. The number of rotatable bonds is 6. The van der Waals surface area contributed by atoms with Crippen molar-refractivity contribution in [2.45, 2.75) is 75.5 Å². The van der Waals surface area contributed by atoms with Crippen molar-refractivity contribution in [3.8, 4) is 0 Å². The van der Waals surface area contributed by atoms with Gasteiger partial charge in [-0.15, -0.1) is 0 Å². The number of amides is 1. The van der Waals surface area contributed by atoms with Crippen molar-refractivity contribution in [3.05, 3.63) is 35.9 Å². The molecule has 3 heterocycles. The first-order valence-electron chi connectivity index (χ1n) is 12.8. The summed E-state index contributed by atoms with van der Waals surface area (Å²) in [5.74, 6) is 0.668. The Kier molecular flexibility index (Phi) is 9.07. The summed E-state index contributed by atoms with van der Waals surface area (Å²) in [7, 11) is 0. The number of carbonyl (C=O) groups excluding carboxylic acids is 1. The zero-order valence-corrected chi connectivity index (χ0v) is 20.2. The van der Waals surface area contributed by atoms with Gasteiger partial charge in [0.05, 0.1) is 44.4 Å². The lowest BCUT2D eigenvalue weighted by molar-refractivity contribution is -0.171. The molecule has 1 amide bonds. The fraction of sp³-hybridized carbons (Fsp3) is 0.731. The maximum absolute atomic E-state index is 13.0. The summed E-state index contributed by atoms with van der Waals surface area (Å²) in [6, 6.07) is 10.2. The van der Waals surface area contributed by atoms with E-state index in [0.29, 0.717) is 18.8 Å². The van der Waals surface area contributed by atoms with E-state index in [1.54, 1.807) is 4.90 Å². The van der Waals surface area contributed by atoms with Gasteiger partial charge in [-0.05, 0) is 43.6 Å². The highest BCUT2D eigenvalue weighted by molar-refractivity contribution is 5.76. The molecule has 0 aromatic heterocycles. The van der Waals surface area contributed by atoms with Crippen LogP contribution in [-0.4, -0.2) is 90.7 Å². The molecule has 6 nitrogen and oxygen atoms in total. The molecule has 0 aliphatic carbocycles. The first kappa shape index (κ1) is 26.4. The van der Waals surface area contributed by atoms with Crippen LogP contribution in [0.1, 0.15) is 44.1 Å². The molecule has 35 heavy (non-hydrogen) atoms. The number of ether oxygens (including phenoxy) is 2. The molecular weight excluding hydrogens is 461 g/mol. The molecule has 0 bridgehead atoms. The number of aliphatic hydroxyl groups excluding tert-OH is 1. The third-order valence-electron chi connectivity index (χ3n) is 7.51. The van der Waals surface area contributed by atoms with Crippen LogP contribution in [0.2, 0.25) is 0 Å². The number of likely N-dealkylation sites (tertiary alicyclic amines) is 1. The molecule has 1 N–H and O–H groups in total. The predicted octanol–water partition coefficient (Wildman–Crippen LogP) is 3.42. The van der Waals surface area contributed by atoms with Crippen LogP contribution in [0.25, 0.3) is 0 Å². The van der Waals surface area contributed by atoms with Crippen LogP contribution < -0.4 is 0 Å². The monoisotopic (exact) mass is 498 g/mol. The van der Waals surface area contributed by atoms with Gasteiger partial charge in [0.1, 0.15) is 0 Å². The molecule has 3 saturated heterocycles.